The molecule has 0 fully saturated rings. The first-order chi connectivity index (χ1) is 7.69. The van der Waals surface area contributed by atoms with E-state index in [9.17, 15) is 4.79 Å². The monoisotopic (exact) mass is 233 g/mol. The van der Waals surface area contributed by atoms with Crippen LogP contribution in [0.3, 0.4) is 0 Å². The van der Waals surface area contributed by atoms with Crippen molar-refractivity contribution >= 4 is 17.1 Å². The Labute approximate surface area is 99.5 Å². The van der Waals surface area contributed by atoms with E-state index in [1.54, 1.807) is 6.92 Å². The molecule has 0 saturated heterocycles. The first-order valence-electron chi connectivity index (χ1n) is 5.43. The number of Topliss-reactive ketones (excluding diaryl/α,β-unsaturated/α-hetero) is 1. The smallest absolute Gasteiger partial charge is 0.161 e. The van der Waals surface area contributed by atoms with Crippen LogP contribution in [0.4, 0.5) is 0 Å². The highest BCUT2D eigenvalue weighted by atomic mass is 32.1. The number of carbonyl (C=O) groups excluding carboxylic acids is 1. The maximum Gasteiger partial charge on any atom is 0.161 e. The summed E-state index contributed by atoms with van der Waals surface area (Å²) in [5.74, 6) is 0.124. The maximum atomic E-state index is 11.2. The molecule has 2 aromatic heterocycles. The number of thiophene rings is 1. The minimum Gasteiger partial charge on any atom is -0.348 e. The molecule has 0 unspecified atom stereocenters. The summed E-state index contributed by atoms with van der Waals surface area (Å²) in [5, 5.41) is 0. The molecule has 0 aliphatic heterocycles. The Balaban J connectivity index is 2.11. The summed E-state index contributed by atoms with van der Waals surface area (Å²) in [6, 6.07) is 6.21. The quantitative estimate of drug-likeness (QED) is 0.742. The molecule has 0 N–H and O–H groups in total. The molecule has 2 nitrogen and oxygen atoms in total. The zero-order valence-corrected chi connectivity index (χ0v) is 10.4. The van der Waals surface area contributed by atoms with Crippen LogP contribution in [0.2, 0.25) is 0 Å². The number of aryl methyl sites for hydroxylation is 1. The topological polar surface area (TPSA) is 22.0 Å². The summed E-state index contributed by atoms with van der Waals surface area (Å²) in [5.41, 5.74) is 0.785. The van der Waals surface area contributed by atoms with Crippen LogP contribution in [-0.2, 0) is 13.0 Å². The Morgan fingerprint density at radius 3 is 2.62 bits per heavy atom. The van der Waals surface area contributed by atoms with Gasteiger partial charge in [0.15, 0.2) is 5.78 Å². The van der Waals surface area contributed by atoms with Crippen molar-refractivity contribution in [1.29, 1.82) is 0 Å². The largest absolute Gasteiger partial charge is 0.348 e. The lowest BCUT2D eigenvalue weighted by Gasteiger charge is -1.98. The Bertz CT molecular complexity index is 496. The molecule has 0 aliphatic rings. The highest BCUT2D eigenvalue weighted by molar-refractivity contribution is 7.11. The summed E-state index contributed by atoms with van der Waals surface area (Å²) in [6.45, 7) is 4.62. The molecule has 84 valence electrons. The lowest BCUT2D eigenvalue weighted by Crippen LogP contribution is -1.94. The van der Waals surface area contributed by atoms with E-state index in [1.807, 2.05) is 29.8 Å². The van der Waals surface area contributed by atoms with E-state index in [0.717, 1.165) is 18.5 Å². The minimum absolute atomic E-state index is 0.124. The second kappa shape index (κ2) is 4.66. The summed E-state index contributed by atoms with van der Waals surface area (Å²) in [4.78, 5) is 13.9. The number of carbonyl (C=O) groups is 1. The molecule has 2 rings (SSSR count). The first kappa shape index (κ1) is 11.1. The molecule has 16 heavy (non-hydrogen) atoms. The van der Waals surface area contributed by atoms with Gasteiger partial charge in [-0.25, -0.2) is 0 Å². The number of hydrogen-bond donors (Lipinski definition) is 0. The Morgan fingerprint density at radius 2 is 2.06 bits per heavy atom. The molecule has 0 amide bonds. The molecule has 0 saturated carbocycles. The van der Waals surface area contributed by atoms with Gasteiger partial charge in [-0.05, 0) is 31.5 Å². The molecule has 0 aliphatic carbocycles. The fourth-order valence-electron chi connectivity index (χ4n) is 1.62. The number of aromatic nitrogens is 1. The second-order valence-electron chi connectivity index (χ2n) is 3.85. The van der Waals surface area contributed by atoms with Crippen LogP contribution < -0.4 is 0 Å². The van der Waals surface area contributed by atoms with E-state index >= 15 is 0 Å². The van der Waals surface area contributed by atoms with Crippen molar-refractivity contribution in [1.82, 2.24) is 4.57 Å². The van der Waals surface area contributed by atoms with Crippen LogP contribution in [0.1, 0.15) is 34.0 Å². The minimum atomic E-state index is 0.124. The van der Waals surface area contributed by atoms with Crippen LogP contribution in [0, 0.1) is 0 Å². The summed E-state index contributed by atoms with van der Waals surface area (Å²) in [6.07, 6.45) is 4.96. The second-order valence-corrected chi connectivity index (χ2v) is 5.10. The lowest BCUT2D eigenvalue weighted by atomic mass is 10.2. The molecular weight excluding hydrogens is 218 g/mol. The van der Waals surface area contributed by atoms with Gasteiger partial charge in [-0.15, -0.1) is 11.3 Å². The van der Waals surface area contributed by atoms with Gasteiger partial charge in [0.25, 0.3) is 0 Å². The van der Waals surface area contributed by atoms with E-state index in [1.165, 1.54) is 9.75 Å². The van der Waals surface area contributed by atoms with Gasteiger partial charge in [-0.1, -0.05) is 6.92 Å². The average Bonchev–Trinajstić information content (AvgIpc) is 2.87. The van der Waals surface area contributed by atoms with Crippen molar-refractivity contribution in [2.45, 2.75) is 26.8 Å². The molecule has 0 bridgehead atoms. The fourth-order valence-corrected chi connectivity index (χ4v) is 2.59. The predicted molar refractivity (Wildman–Crippen MR) is 67.2 cm³/mol. The normalized spacial score (nSPS) is 10.6. The Kier molecular flexibility index (Phi) is 3.25. The van der Waals surface area contributed by atoms with Crippen LogP contribution >= 0.6 is 11.3 Å². The average molecular weight is 233 g/mol. The van der Waals surface area contributed by atoms with E-state index in [4.69, 9.17) is 0 Å². The molecule has 2 aromatic rings. The first-order valence-corrected chi connectivity index (χ1v) is 6.25. The summed E-state index contributed by atoms with van der Waals surface area (Å²) < 4.78 is 2.06. The molecule has 3 heteroatoms. The van der Waals surface area contributed by atoms with Gasteiger partial charge in [0.05, 0.1) is 6.54 Å². The van der Waals surface area contributed by atoms with E-state index in [2.05, 4.69) is 23.6 Å². The van der Waals surface area contributed by atoms with Crippen LogP contribution in [0.25, 0.3) is 0 Å². The van der Waals surface area contributed by atoms with Gasteiger partial charge in [0, 0.05) is 27.7 Å². The highest BCUT2D eigenvalue weighted by Gasteiger charge is 2.03. The van der Waals surface area contributed by atoms with Crippen molar-refractivity contribution in [2.75, 3.05) is 0 Å². The number of hydrogen-bond acceptors (Lipinski definition) is 2. The Morgan fingerprint density at radius 1 is 1.31 bits per heavy atom. The van der Waals surface area contributed by atoms with Crippen molar-refractivity contribution in [3.63, 3.8) is 0 Å². The summed E-state index contributed by atoms with van der Waals surface area (Å²) >= 11 is 1.84. The standard InChI is InChI=1S/C13H15NOS/c1-3-12-4-5-13(16-12)9-14-7-6-11(8-14)10(2)15/h4-8H,3,9H2,1-2H3. The molecule has 0 atom stereocenters. The van der Waals surface area contributed by atoms with Crippen molar-refractivity contribution in [2.24, 2.45) is 0 Å². The third kappa shape index (κ3) is 2.42. The van der Waals surface area contributed by atoms with Gasteiger partial charge in [0.1, 0.15) is 0 Å². The lowest BCUT2D eigenvalue weighted by molar-refractivity contribution is 0.101. The zero-order chi connectivity index (χ0) is 11.5. The van der Waals surface area contributed by atoms with Gasteiger partial charge in [-0.3, -0.25) is 4.79 Å². The predicted octanol–water partition coefficient (Wildman–Crippen LogP) is 3.36. The number of nitrogens with zero attached hydrogens (tertiary/aromatic N) is 1. The molecule has 2 heterocycles. The highest BCUT2D eigenvalue weighted by Crippen LogP contribution is 2.18. The molecule has 0 aromatic carbocycles. The van der Waals surface area contributed by atoms with Crippen LogP contribution in [0.15, 0.2) is 30.6 Å². The fraction of sp³-hybridized carbons (Fsp3) is 0.308. The van der Waals surface area contributed by atoms with E-state index < -0.39 is 0 Å². The molecular formula is C13H15NOS. The third-order valence-electron chi connectivity index (χ3n) is 2.56. The Hall–Kier alpha value is -1.35. The molecule has 0 spiro atoms. The SMILES string of the molecule is CCc1ccc(Cn2ccc(C(C)=O)c2)s1. The maximum absolute atomic E-state index is 11.2. The van der Waals surface area contributed by atoms with Gasteiger partial charge in [-0.2, -0.15) is 0 Å². The van der Waals surface area contributed by atoms with Crippen molar-refractivity contribution in [3.05, 3.63) is 45.9 Å². The third-order valence-corrected chi connectivity index (χ3v) is 3.78. The van der Waals surface area contributed by atoms with Crippen LogP contribution in [-0.4, -0.2) is 10.4 Å². The summed E-state index contributed by atoms with van der Waals surface area (Å²) in [7, 11) is 0. The number of rotatable bonds is 4. The van der Waals surface area contributed by atoms with E-state index in [-0.39, 0.29) is 5.78 Å². The number of ketones is 1. The van der Waals surface area contributed by atoms with Gasteiger partial charge >= 0.3 is 0 Å². The van der Waals surface area contributed by atoms with Crippen LogP contribution in [0.5, 0.6) is 0 Å². The van der Waals surface area contributed by atoms with Gasteiger partial charge < -0.3 is 4.57 Å². The molecule has 0 radical (unpaired) electrons. The van der Waals surface area contributed by atoms with Crippen molar-refractivity contribution in [3.8, 4) is 0 Å². The van der Waals surface area contributed by atoms with Gasteiger partial charge in [0.2, 0.25) is 0 Å². The zero-order valence-electron chi connectivity index (χ0n) is 9.56. The van der Waals surface area contributed by atoms with Crippen molar-refractivity contribution < 1.29 is 4.79 Å². The van der Waals surface area contributed by atoms with E-state index in [0.29, 0.717) is 0 Å².